The minimum atomic E-state index is 0.768. The zero-order chi connectivity index (χ0) is 15.8. The van der Waals surface area contributed by atoms with Crippen molar-refractivity contribution in [1.82, 2.24) is 4.98 Å². The highest BCUT2D eigenvalue weighted by atomic mass is 35.5. The van der Waals surface area contributed by atoms with Crippen LogP contribution < -0.4 is 4.90 Å². The SMILES string of the molecule is Cc1cc(N2CCCC2)c2cc(-c3cccc(Cl)c3)ccc2n1. The van der Waals surface area contributed by atoms with Gasteiger partial charge in [0.2, 0.25) is 0 Å². The first kappa shape index (κ1) is 14.5. The van der Waals surface area contributed by atoms with Crippen LogP contribution in [0.4, 0.5) is 5.69 Å². The summed E-state index contributed by atoms with van der Waals surface area (Å²) in [5.41, 5.74) is 5.79. The van der Waals surface area contributed by atoms with Crippen molar-refractivity contribution in [3.8, 4) is 11.1 Å². The van der Waals surface area contributed by atoms with Gasteiger partial charge in [-0.05, 0) is 61.2 Å². The van der Waals surface area contributed by atoms with Crippen molar-refractivity contribution in [2.45, 2.75) is 19.8 Å². The fourth-order valence-corrected chi connectivity index (χ4v) is 3.59. The molecule has 2 heterocycles. The molecule has 0 unspecified atom stereocenters. The Bertz CT molecular complexity index is 867. The number of rotatable bonds is 2. The first-order chi connectivity index (χ1) is 11.2. The van der Waals surface area contributed by atoms with Crippen LogP contribution in [-0.4, -0.2) is 18.1 Å². The van der Waals surface area contributed by atoms with Gasteiger partial charge in [0.25, 0.3) is 0 Å². The van der Waals surface area contributed by atoms with Crippen LogP contribution in [0.5, 0.6) is 0 Å². The zero-order valence-corrected chi connectivity index (χ0v) is 14.0. The maximum Gasteiger partial charge on any atom is 0.0726 e. The van der Waals surface area contributed by atoms with E-state index in [0.717, 1.165) is 34.9 Å². The van der Waals surface area contributed by atoms with E-state index in [1.54, 1.807) is 0 Å². The third kappa shape index (κ3) is 2.79. The normalized spacial score (nSPS) is 14.6. The third-order valence-corrected chi connectivity index (χ3v) is 4.75. The Morgan fingerprint density at radius 3 is 2.52 bits per heavy atom. The Morgan fingerprint density at radius 2 is 1.74 bits per heavy atom. The van der Waals surface area contributed by atoms with Gasteiger partial charge in [0, 0.05) is 34.9 Å². The van der Waals surface area contributed by atoms with Crippen LogP contribution in [0.15, 0.2) is 48.5 Å². The highest BCUT2D eigenvalue weighted by Gasteiger charge is 2.16. The van der Waals surface area contributed by atoms with Gasteiger partial charge in [-0.25, -0.2) is 0 Å². The number of aryl methyl sites for hydroxylation is 1. The van der Waals surface area contributed by atoms with Crippen molar-refractivity contribution < 1.29 is 0 Å². The van der Waals surface area contributed by atoms with Gasteiger partial charge in [0.05, 0.1) is 5.52 Å². The third-order valence-electron chi connectivity index (χ3n) is 4.52. The molecule has 0 spiro atoms. The lowest BCUT2D eigenvalue weighted by Gasteiger charge is -2.20. The van der Waals surface area contributed by atoms with Crippen LogP contribution in [0.1, 0.15) is 18.5 Å². The fourth-order valence-electron chi connectivity index (χ4n) is 3.40. The number of benzene rings is 2. The Kier molecular flexibility index (Phi) is 3.70. The van der Waals surface area contributed by atoms with E-state index >= 15 is 0 Å². The molecule has 0 bridgehead atoms. The largest absolute Gasteiger partial charge is 0.371 e. The van der Waals surface area contributed by atoms with Crippen LogP contribution in [0, 0.1) is 6.92 Å². The topological polar surface area (TPSA) is 16.1 Å². The van der Waals surface area contributed by atoms with Gasteiger partial charge in [-0.1, -0.05) is 29.8 Å². The smallest absolute Gasteiger partial charge is 0.0726 e. The van der Waals surface area contributed by atoms with Gasteiger partial charge < -0.3 is 4.90 Å². The average molecular weight is 323 g/mol. The number of halogens is 1. The van der Waals surface area contributed by atoms with E-state index in [9.17, 15) is 0 Å². The molecule has 4 rings (SSSR count). The molecule has 1 aliphatic heterocycles. The van der Waals surface area contributed by atoms with E-state index in [-0.39, 0.29) is 0 Å². The summed E-state index contributed by atoms with van der Waals surface area (Å²) in [5.74, 6) is 0. The molecule has 1 aliphatic rings. The lowest BCUT2D eigenvalue weighted by atomic mass is 10.0. The zero-order valence-electron chi connectivity index (χ0n) is 13.2. The van der Waals surface area contributed by atoms with Gasteiger partial charge in [0.15, 0.2) is 0 Å². The van der Waals surface area contributed by atoms with Crippen molar-refractivity contribution in [3.63, 3.8) is 0 Å². The van der Waals surface area contributed by atoms with Crippen molar-refractivity contribution in [2.75, 3.05) is 18.0 Å². The summed E-state index contributed by atoms with van der Waals surface area (Å²) in [5, 5.41) is 2.00. The van der Waals surface area contributed by atoms with E-state index in [4.69, 9.17) is 16.6 Å². The summed E-state index contributed by atoms with van der Waals surface area (Å²) < 4.78 is 0. The highest BCUT2D eigenvalue weighted by Crippen LogP contribution is 2.33. The number of hydrogen-bond donors (Lipinski definition) is 0. The summed E-state index contributed by atoms with van der Waals surface area (Å²) in [7, 11) is 0. The van der Waals surface area contributed by atoms with Gasteiger partial charge in [-0.15, -0.1) is 0 Å². The second kappa shape index (κ2) is 5.86. The minimum absolute atomic E-state index is 0.768. The molecule has 3 heteroatoms. The summed E-state index contributed by atoms with van der Waals surface area (Å²) in [6.07, 6.45) is 2.55. The molecule has 2 aromatic carbocycles. The Hall–Kier alpha value is -2.06. The molecule has 116 valence electrons. The summed E-state index contributed by atoms with van der Waals surface area (Å²) >= 11 is 6.15. The standard InChI is InChI=1S/C20H19ClN2/c1-14-11-20(23-9-2-3-10-23)18-13-16(7-8-19(18)22-14)15-5-4-6-17(21)12-15/h4-8,11-13H,2-3,9-10H2,1H3. The molecule has 3 aromatic rings. The molecule has 0 aliphatic carbocycles. The van der Waals surface area contributed by atoms with Crippen LogP contribution in [0.25, 0.3) is 22.0 Å². The Balaban J connectivity index is 1.89. The molecule has 0 N–H and O–H groups in total. The van der Waals surface area contributed by atoms with Gasteiger partial charge in [-0.2, -0.15) is 0 Å². The van der Waals surface area contributed by atoms with Crippen LogP contribution >= 0.6 is 11.6 Å². The van der Waals surface area contributed by atoms with E-state index in [1.165, 1.54) is 29.5 Å². The number of pyridine rings is 1. The maximum absolute atomic E-state index is 6.15. The molecular formula is C20H19ClN2. The van der Waals surface area contributed by atoms with E-state index in [2.05, 4.69) is 42.2 Å². The van der Waals surface area contributed by atoms with Crippen molar-refractivity contribution in [2.24, 2.45) is 0 Å². The number of aromatic nitrogens is 1. The van der Waals surface area contributed by atoms with Crippen LogP contribution in [-0.2, 0) is 0 Å². The van der Waals surface area contributed by atoms with Crippen LogP contribution in [0.2, 0.25) is 5.02 Å². The molecule has 2 nitrogen and oxygen atoms in total. The Morgan fingerprint density at radius 1 is 0.957 bits per heavy atom. The fraction of sp³-hybridized carbons (Fsp3) is 0.250. The van der Waals surface area contributed by atoms with Crippen molar-refractivity contribution >= 4 is 28.2 Å². The molecule has 1 fully saturated rings. The maximum atomic E-state index is 6.15. The van der Waals surface area contributed by atoms with Gasteiger partial charge >= 0.3 is 0 Å². The summed E-state index contributed by atoms with van der Waals surface area (Å²) in [4.78, 5) is 7.19. The molecular weight excluding hydrogens is 304 g/mol. The lowest BCUT2D eigenvalue weighted by Crippen LogP contribution is -2.18. The predicted molar refractivity (Wildman–Crippen MR) is 98.4 cm³/mol. The molecule has 1 saturated heterocycles. The van der Waals surface area contributed by atoms with Crippen molar-refractivity contribution in [1.29, 1.82) is 0 Å². The molecule has 23 heavy (non-hydrogen) atoms. The Labute approximate surface area is 141 Å². The molecule has 0 amide bonds. The highest BCUT2D eigenvalue weighted by molar-refractivity contribution is 6.30. The first-order valence-electron chi connectivity index (χ1n) is 8.13. The predicted octanol–water partition coefficient (Wildman–Crippen LogP) is 5.46. The second-order valence-electron chi connectivity index (χ2n) is 6.22. The first-order valence-corrected chi connectivity index (χ1v) is 8.51. The lowest BCUT2D eigenvalue weighted by molar-refractivity contribution is 0.949. The number of nitrogens with zero attached hydrogens (tertiary/aromatic N) is 2. The quantitative estimate of drug-likeness (QED) is 0.622. The molecule has 0 radical (unpaired) electrons. The molecule has 1 aromatic heterocycles. The summed E-state index contributed by atoms with van der Waals surface area (Å²) in [6, 6.07) is 16.7. The number of fused-ring (bicyclic) bond motifs is 1. The monoisotopic (exact) mass is 322 g/mol. The second-order valence-corrected chi connectivity index (χ2v) is 6.66. The number of anilines is 1. The molecule has 0 atom stereocenters. The number of hydrogen-bond acceptors (Lipinski definition) is 2. The minimum Gasteiger partial charge on any atom is -0.371 e. The van der Waals surface area contributed by atoms with E-state index < -0.39 is 0 Å². The van der Waals surface area contributed by atoms with E-state index in [1.807, 2.05) is 18.2 Å². The average Bonchev–Trinajstić information content (AvgIpc) is 3.08. The van der Waals surface area contributed by atoms with E-state index in [0.29, 0.717) is 0 Å². The van der Waals surface area contributed by atoms with Gasteiger partial charge in [-0.3, -0.25) is 4.98 Å². The van der Waals surface area contributed by atoms with Gasteiger partial charge in [0.1, 0.15) is 0 Å². The summed E-state index contributed by atoms with van der Waals surface area (Å²) in [6.45, 7) is 4.35. The van der Waals surface area contributed by atoms with Crippen molar-refractivity contribution in [3.05, 3.63) is 59.2 Å². The molecule has 0 saturated carbocycles. The van der Waals surface area contributed by atoms with Crippen LogP contribution in [0.3, 0.4) is 0 Å².